The van der Waals surface area contributed by atoms with Crippen molar-refractivity contribution in [3.8, 4) is 5.75 Å². The number of benzene rings is 1. The smallest absolute Gasteiger partial charge is 0.172 e. The second-order valence-corrected chi connectivity index (χ2v) is 5.73. The van der Waals surface area contributed by atoms with E-state index in [0.717, 1.165) is 4.88 Å². The minimum Gasteiger partial charge on any atom is -0.492 e. The monoisotopic (exact) mass is 342 g/mol. The Bertz CT molecular complexity index is 555. The maximum Gasteiger partial charge on any atom is 0.172 e. The first-order valence-corrected chi connectivity index (χ1v) is 7.48. The van der Waals surface area contributed by atoms with Crippen LogP contribution in [-0.4, -0.2) is 12.4 Å². The maximum atomic E-state index is 12.9. The van der Waals surface area contributed by atoms with Crippen molar-refractivity contribution in [3.63, 3.8) is 0 Å². The summed E-state index contributed by atoms with van der Waals surface area (Å²) in [6.07, 6.45) is 1.10. The van der Waals surface area contributed by atoms with Gasteiger partial charge in [0.15, 0.2) is 5.78 Å². The van der Waals surface area contributed by atoms with Crippen LogP contribution in [0.4, 0.5) is 4.39 Å². The lowest BCUT2D eigenvalue weighted by molar-refractivity contribution is 0.0977. The fourth-order valence-electron chi connectivity index (χ4n) is 1.57. The minimum absolute atomic E-state index is 0.136. The van der Waals surface area contributed by atoms with Crippen molar-refractivity contribution in [1.82, 2.24) is 0 Å². The topological polar surface area (TPSA) is 26.3 Å². The zero-order chi connectivity index (χ0) is 13.7. The van der Waals surface area contributed by atoms with Gasteiger partial charge in [0.1, 0.15) is 11.6 Å². The fourth-order valence-corrected chi connectivity index (χ4v) is 2.73. The van der Waals surface area contributed by atoms with E-state index in [4.69, 9.17) is 4.74 Å². The van der Waals surface area contributed by atoms with Crippen molar-refractivity contribution >= 4 is 33.0 Å². The van der Waals surface area contributed by atoms with Gasteiger partial charge in [-0.05, 0) is 52.0 Å². The molecule has 2 aromatic rings. The number of ketones is 1. The summed E-state index contributed by atoms with van der Waals surface area (Å²) in [7, 11) is 0. The van der Waals surface area contributed by atoms with Gasteiger partial charge in [0.2, 0.25) is 0 Å². The molecule has 0 aliphatic carbocycles. The first-order valence-electron chi connectivity index (χ1n) is 5.81. The maximum absolute atomic E-state index is 12.9. The highest BCUT2D eigenvalue weighted by atomic mass is 79.9. The molecule has 0 spiro atoms. The van der Waals surface area contributed by atoms with Gasteiger partial charge in [0, 0.05) is 6.42 Å². The van der Waals surface area contributed by atoms with Crippen molar-refractivity contribution in [2.75, 3.05) is 6.61 Å². The average molecular weight is 343 g/mol. The van der Waals surface area contributed by atoms with Crippen molar-refractivity contribution in [2.24, 2.45) is 0 Å². The second kappa shape index (κ2) is 6.82. The van der Waals surface area contributed by atoms with Crippen molar-refractivity contribution < 1.29 is 13.9 Å². The van der Waals surface area contributed by atoms with Crippen LogP contribution < -0.4 is 4.74 Å². The standard InChI is InChI=1S/C14H12BrFO2S/c15-11-9-10(16)5-6-13(11)18-7-1-3-12(17)14-4-2-8-19-14/h2,4-6,8-9H,1,3,7H2. The molecule has 0 amide bonds. The van der Waals surface area contributed by atoms with E-state index in [2.05, 4.69) is 15.9 Å². The van der Waals surface area contributed by atoms with Crippen LogP contribution >= 0.6 is 27.3 Å². The summed E-state index contributed by atoms with van der Waals surface area (Å²) in [4.78, 5) is 12.5. The fraction of sp³-hybridized carbons (Fsp3) is 0.214. The van der Waals surface area contributed by atoms with E-state index < -0.39 is 0 Å². The lowest BCUT2D eigenvalue weighted by Gasteiger charge is -2.07. The van der Waals surface area contributed by atoms with Crippen LogP contribution in [0.3, 0.4) is 0 Å². The molecule has 0 aliphatic rings. The van der Waals surface area contributed by atoms with Crippen LogP contribution in [0.25, 0.3) is 0 Å². The van der Waals surface area contributed by atoms with Crippen molar-refractivity contribution in [1.29, 1.82) is 0 Å². The number of hydrogen-bond acceptors (Lipinski definition) is 3. The summed E-state index contributed by atoms with van der Waals surface area (Å²) >= 11 is 4.68. The van der Waals surface area contributed by atoms with Crippen LogP contribution in [-0.2, 0) is 0 Å². The van der Waals surface area contributed by atoms with E-state index in [1.807, 2.05) is 17.5 Å². The molecule has 0 N–H and O–H groups in total. The van der Waals surface area contributed by atoms with Gasteiger partial charge in [-0.3, -0.25) is 4.79 Å². The van der Waals surface area contributed by atoms with Crippen LogP contribution in [0.5, 0.6) is 5.75 Å². The molecule has 2 nitrogen and oxygen atoms in total. The Hall–Kier alpha value is -1.20. The molecular weight excluding hydrogens is 331 g/mol. The van der Waals surface area contributed by atoms with E-state index in [9.17, 15) is 9.18 Å². The van der Waals surface area contributed by atoms with Gasteiger partial charge in [-0.25, -0.2) is 4.39 Å². The Kier molecular flexibility index (Phi) is 5.10. The molecule has 5 heteroatoms. The summed E-state index contributed by atoms with van der Waals surface area (Å²) < 4.78 is 18.9. The van der Waals surface area contributed by atoms with E-state index in [1.165, 1.54) is 23.5 Å². The third kappa shape index (κ3) is 4.14. The molecular formula is C14H12BrFO2S. The van der Waals surface area contributed by atoms with E-state index in [0.29, 0.717) is 29.7 Å². The molecule has 0 aliphatic heterocycles. The first-order chi connectivity index (χ1) is 9.16. The summed E-state index contributed by atoms with van der Waals surface area (Å²) in [6, 6.07) is 7.96. The van der Waals surface area contributed by atoms with Gasteiger partial charge in [0.25, 0.3) is 0 Å². The van der Waals surface area contributed by atoms with Gasteiger partial charge in [-0.2, -0.15) is 0 Å². The van der Waals surface area contributed by atoms with Crippen LogP contribution in [0, 0.1) is 5.82 Å². The molecule has 0 unspecified atom stereocenters. The number of carbonyl (C=O) groups is 1. The highest BCUT2D eigenvalue weighted by Crippen LogP contribution is 2.25. The van der Waals surface area contributed by atoms with E-state index >= 15 is 0 Å². The number of Topliss-reactive ketones (excluding diaryl/α,β-unsaturated/α-hetero) is 1. The van der Waals surface area contributed by atoms with Crippen LogP contribution in [0.1, 0.15) is 22.5 Å². The third-order valence-electron chi connectivity index (χ3n) is 2.50. The largest absolute Gasteiger partial charge is 0.492 e. The predicted octanol–water partition coefficient (Wildman–Crippen LogP) is 4.69. The zero-order valence-corrected chi connectivity index (χ0v) is 12.5. The lowest BCUT2D eigenvalue weighted by atomic mass is 10.2. The molecule has 1 aromatic carbocycles. The predicted molar refractivity (Wildman–Crippen MR) is 77.5 cm³/mol. The van der Waals surface area contributed by atoms with Crippen molar-refractivity contribution in [2.45, 2.75) is 12.8 Å². The quantitative estimate of drug-likeness (QED) is 0.562. The summed E-state index contributed by atoms with van der Waals surface area (Å²) in [5.74, 6) is 0.411. The minimum atomic E-state index is -0.313. The van der Waals surface area contributed by atoms with Gasteiger partial charge in [-0.15, -0.1) is 11.3 Å². The summed E-state index contributed by atoms with van der Waals surface area (Å²) in [6.45, 7) is 0.432. The Labute approximate surface area is 123 Å². The van der Waals surface area contributed by atoms with Gasteiger partial charge in [-0.1, -0.05) is 6.07 Å². The SMILES string of the molecule is O=C(CCCOc1ccc(F)cc1Br)c1cccs1. The molecule has 0 bridgehead atoms. The van der Waals surface area contributed by atoms with E-state index in [1.54, 1.807) is 6.07 Å². The summed E-state index contributed by atoms with van der Waals surface area (Å²) in [5, 5.41) is 1.89. The average Bonchev–Trinajstić information content (AvgIpc) is 2.90. The molecule has 2 rings (SSSR count). The van der Waals surface area contributed by atoms with Crippen molar-refractivity contribution in [3.05, 3.63) is 50.9 Å². The molecule has 0 radical (unpaired) electrons. The number of hydrogen-bond donors (Lipinski definition) is 0. The highest BCUT2D eigenvalue weighted by Gasteiger charge is 2.07. The molecule has 1 heterocycles. The Morgan fingerprint density at radius 2 is 2.21 bits per heavy atom. The number of carbonyl (C=O) groups excluding carboxylic acids is 1. The molecule has 0 saturated heterocycles. The highest BCUT2D eigenvalue weighted by molar-refractivity contribution is 9.10. The molecule has 0 atom stereocenters. The van der Waals surface area contributed by atoms with E-state index in [-0.39, 0.29) is 11.6 Å². The Balaban J connectivity index is 1.76. The number of rotatable bonds is 6. The Morgan fingerprint density at radius 1 is 1.37 bits per heavy atom. The molecule has 0 fully saturated rings. The molecule has 1 aromatic heterocycles. The molecule has 100 valence electrons. The number of ether oxygens (including phenoxy) is 1. The first kappa shape index (κ1) is 14.2. The molecule has 0 saturated carbocycles. The van der Waals surface area contributed by atoms with Crippen LogP contribution in [0.15, 0.2) is 40.2 Å². The third-order valence-corrected chi connectivity index (χ3v) is 4.03. The molecule has 19 heavy (non-hydrogen) atoms. The second-order valence-electron chi connectivity index (χ2n) is 3.93. The number of thiophene rings is 1. The van der Waals surface area contributed by atoms with Crippen LogP contribution in [0.2, 0.25) is 0 Å². The van der Waals surface area contributed by atoms with Gasteiger partial charge >= 0.3 is 0 Å². The number of halogens is 2. The summed E-state index contributed by atoms with van der Waals surface area (Å²) in [5.41, 5.74) is 0. The zero-order valence-electron chi connectivity index (χ0n) is 10.1. The van der Waals surface area contributed by atoms with Gasteiger partial charge < -0.3 is 4.74 Å². The Morgan fingerprint density at radius 3 is 2.89 bits per heavy atom. The lowest BCUT2D eigenvalue weighted by Crippen LogP contribution is -2.03. The normalized spacial score (nSPS) is 10.4. The van der Waals surface area contributed by atoms with Gasteiger partial charge in [0.05, 0.1) is 16.0 Å².